The molecule has 2 saturated heterocycles. The summed E-state index contributed by atoms with van der Waals surface area (Å²) in [4.78, 5) is 28.7. The van der Waals surface area contributed by atoms with E-state index in [1.807, 2.05) is 34.1 Å². The summed E-state index contributed by atoms with van der Waals surface area (Å²) in [7, 11) is 1.66. The van der Waals surface area contributed by atoms with Crippen LogP contribution in [0.1, 0.15) is 28.8 Å². The van der Waals surface area contributed by atoms with Crippen molar-refractivity contribution in [3.05, 3.63) is 35.4 Å². The summed E-state index contributed by atoms with van der Waals surface area (Å²) in [6, 6.07) is 7.72. The smallest absolute Gasteiger partial charge is 0.253 e. The molecule has 1 aromatic carbocycles. The standard InChI is InChI=1S/C18H25N3O3/c1-24-13-14-4-6-15(7-5-14)18(23)20-9-2-3-16(12-20)21-10-8-19-11-17(21)22/h4-7,16,19H,2-3,8-13H2,1H3. The largest absolute Gasteiger partial charge is 0.380 e. The van der Waals surface area contributed by atoms with Gasteiger partial charge >= 0.3 is 0 Å². The van der Waals surface area contributed by atoms with Crippen molar-refractivity contribution >= 4 is 11.8 Å². The van der Waals surface area contributed by atoms with Gasteiger partial charge < -0.3 is 19.9 Å². The van der Waals surface area contributed by atoms with Gasteiger partial charge in [0.2, 0.25) is 5.91 Å². The number of ether oxygens (including phenoxy) is 1. The first-order valence-corrected chi connectivity index (χ1v) is 8.56. The van der Waals surface area contributed by atoms with E-state index in [-0.39, 0.29) is 17.9 Å². The van der Waals surface area contributed by atoms with Crippen LogP contribution in [0.25, 0.3) is 0 Å². The van der Waals surface area contributed by atoms with E-state index in [2.05, 4.69) is 5.32 Å². The molecule has 1 atom stereocenters. The summed E-state index contributed by atoms with van der Waals surface area (Å²) in [6.07, 6.45) is 1.91. The molecular formula is C18H25N3O3. The number of amides is 2. The Kier molecular flexibility index (Phi) is 5.48. The molecule has 2 fully saturated rings. The maximum absolute atomic E-state index is 12.8. The lowest BCUT2D eigenvalue weighted by Gasteiger charge is -2.41. The zero-order valence-electron chi connectivity index (χ0n) is 14.2. The molecule has 0 spiro atoms. The van der Waals surface area contributed by atoms with Crippen molar-refractivity contribution in [2.45, 2.75) is 25.5 Å². The Bertz CT molecular complexity index is 588. The average Bonchev–Trinajstić information content (AvgIpc) is 2.62. The van der Waals surface area contributed by atoms with Gasteiger partial charge in [0.25, 0.3) is 5.91 Å². The van der Waals surface area contributed by atoms with Crippen molar-refractivity contribution in [3.63, 3.8) is 0 Å². The average molecular weight is 331 g/mol. The van der Waals surface area contributed by atoms with Crippen molar-refractivity contribution in [2.75, 3.05) is 39.8 Å². The highest BCUT2D eigenvalue weighted by Crippen LogP contribution is 2.19. The van der Waals surface area contributed by atoms with Crippen LogP contribution in [0.5, 0.6) is 0 Å². The number of hydrogen-bond acceptors (Lipinski definition) is 4. The fraction of sp³-hybridized carbons (Fsp3) is 0.556. The molecule has 0 saturated carbocycles. The number of rotatable bonds is 4. The van der Waals surface area contributed by atoms with Gasteiger partial charge in [-0.2, -0.15) is 0 Å². The second kappa shape index (κ2) is 7.77. The van der Waals surface area contributed by atoms with Crippen LogP contribution >= 0.6 is 0 Å². The monoisotopic (exact) mass is 331 g/mol. The Balaban J connectivity index is 1.65. The Morgan fingerprint density at radius 3 is 2.79 bits per heavy atom. The Morgan fingerprint density at radius 2 is 2.08 bits per heavy atom. The maximum Gasteiger partial charge on any atom is 0.253 e. The zero-order valence-corrected chi connectivity index (χ0v) is 14.2. The third-order valence-electron chi connectivity index (χ3n) is 4.76. The minimum atomic E-state index is 0.0475. The van der Waals surface area contributed by atoms with E-state index in [1.54, 1.807) is 7.11 Å². The van der Waals surface area contributed by atoms with E-state index in [0.717, 1.165) is 38.0 Å². The number of piperazine rings is 1. The molecule has 1 aromatic rings. The fourth-order valence-corrected chi connectivity index (χ4v) is 3.49. The Hall–Kier alpha value is -1.92. The quantitative estimate of drug-likeness (QED) is 0.889. The molecule has 2 heterocycles. The van der Waals surface area contributed by atoms with Gasteiger partial charge in [-0.3, -0.25) is 9.59 Å². The van der Waals surface area contributed by atoms with Crippen LogP contribution in [0.2, 0.25) is 0 Å². The topological polar surface area (TPSA) is 61.9 Å². The van der Waals surface area contributed by atoms with Crippen LogP contribution in [-0.4, -0.2) is 67.5 Å². The summed E-state index contributed by atoms with van der Waals surface area (Å²) in [6.45, 7) is 3.91. The van der Waals surface area contributed by atoms with Crippen molar-refractivity contribution in [1.29, 1.82) is 0 Å². The van der Waals surface area contributed by atoms with Gasteiger partial charge in [0.1, 0.15) is 0 Å². The highest BCUT2D eigenvalue weighted by molar-refractivity contribution is 5.94. The number of carbonyl (C=O) groups excluding carboxylic acids is 2. The summed E-state index contributed by atoms with van der Waals surface area (Å²) >= 11 is 0. The fourth-order valence-electron chi connectivity index (χ4n) is 3.49. The molecule has 1 unspecified atom stereocenters. The van der Waals surface area contributed by atoms with Crippen LogP contribution in [-0.2, 0) is 16.1 Å². The van der Waals surface area contributed by atoms with Gasteiger partial charge in [0.05, 0.1) is 13.2 Å². The second-order valence-corrected chi connectivity index (χ2v) is 6.44. The molecule has 1 N–H and O–H groups in total. The molecule has 2 aliphatic heterocycles. The van der Waals surface area contributed by atoms with E-state index >= 15 is 0 Å². The van der Waals surface area contributed by atoms with E-state index < -0.39 is 0 Å². The summed E-state index contributed by atoms with van der Waals surface area (Å²) in [5.41, 5.74) is 1.75. The molecule has 2 aliphatic rings. The lowest BCUT2D eigenvalue weighted by atomic mass is 10.0. The molecule has 0 aromatic heterocycles. The number of carbonyl (C=O) groups is 2. The Morgan fingerprint density at radius 1 is 1.29 bits per heavy atom. The highest BCUT2D eigenvalue weighted by atomic mass is 16.5. The van der Waals surface area contributed by atoms with E-state index in [4.69, 9.17) is 4.74 Å². The number of benzene rings is 1. The number of piperidine rings is 1. The van der Waals surface area contributed by atoms with Crippen LogP contribution in [0.3, 0.4) is 0 Å². The molecule has 0 bridgehead atoms. The SMILES string of the molecule is COCc1ccc(C(=O)N2CCCC(N3CCNCC3=O)C2)cc1. The summed E-state index contributed by atoms with van der Waals surface area (Å²) in [5, 5.41) is 3.10. The minimum Gasteiger partial charge on any atom is -0.380 e. The first-order valence-electron chi connectivity index (χ1n) is 8.56. The van der Waals surface area contributed by atoms with Crippen molar-refractivity contribution < 1.29 is 14.3 Å². The van der Waals surface area contributed by atoms with Crippen molar-refractivity contribution in [1.82, 2.24) is 15.1 Å². The second-order valence-electron chi connectivity index (χ2n) is 6.44. The van der Waals surface area contributed by atoms with Crippen LogP contribution < -0.4 is 5.32 Å². The van der Waals surface area contributed by atoms with Gasteiger partial charge in [-0.15, -0.1) is 0 Å². The van der Waals surface area contributed by atoms with Crippen molar-refractivity contribution in [3.8, 4) is 0 Å². The van der Waals surface area contributed by atoms with E-state index in [9.17, 15) is 9.59 Å². The molecule has 24 heavy (non-hydrogen) atoms. The predicted molar refractivity (Wildman–Crippen MR) is 90.7 cm³/mol. The van der Waals surface area contributed by atoms with Crippen LogP contribution in [0.15, 0.2) is 24.3 Å². The summed E-state index contributed by atoms with van der Waals surface area (Å²) in [5.74, 6) is 0.190. The molecule has 6 nitrogen and oxygen atoms in total. The first-order chi connectivity index (χ1) is 11.7. The highest BCUT2D eigenvalue weighted by Gasteiger charge is 2.31. The Labute approximate surface area is 142 Å². The van der Waals surface area contributed by atoms with Crippen LogP contribution in [0.4, 0.5) is 0 Å². The van der Waals surface area contributed by atoms with Gasteiger partial charge in [-0.25, -0.2) is 0 Å². The number of likely N-dealkylation sites (tertiary alicyclic amines) is 1. The van der Waals surface area contributed by atoms with E-state index in [0.29, 0.717) is 25.3 Å². The maximum atomic E-state index is 12.8. The number of methoxy groups -OCH3 is 1. The van der Waals surface area contributed by atoms with Gasteiger partial charge in [-0.1, -0.05) is 12.1 Å². The minimum absolute atomic E-state index is 0.0475. The molecule has 130 valence electrons. The lowest BCUT2D eigenvalue weighted by molar-refractivity contribution is -0.135. The number of hydrogen-bond donors (Lipinski definition) is 1. The predicted octanol–water partition coefficient (Wildman–Crippen LogP) is 0.869. The third kappa shape index (κ3) is 3.76. The first kappa shape index (κ1) is 16.9. The molecule has 0 aliphatic carbocycles. The van der Waals surface area contributed by atoms with Gasteiger partial charge in [0, 0.05) is 44.9 Å². The van der Waals surface area contributed by atoms with Gasteiger partial charge in [-0.05, 0) is 30.5 Å². The van der Waals surface area contributed by atoms with Crippen LogP contribution in [0, 0.1) is 0 Å². The molecule has 2 amide bonds. The molecule has 3 rings (SSSR count). The number of nitrogens with zero attached hydrogens (tertiary/aromatic N) is 2. The number of nitrogens with one attached hydrogen (secondary N) is 1. The molecular weight excluding hydrogens is 306 g/mol. The zero-order chi connectivity index (χ0) is 16.9. The van der Waals surface area contributed by atoms with E-state index in [1.165, 1.54) is 0 Å². The van der Waals surface area contributed by atoms with Crippen molar-refractivity contribution in [2.24, 2.45) is 0 Å². The normalized spacial score (nSPS) is 21.9. The lowest BCUT2D eigenvalue weighted by Crippen LogP contribution is -2.57. The summed E-state index contributed by atoms with van der Waals surface area (Å²) < 4.78 is 5.10. The van der Waals surface area contributed by atoms with Gasteiger partial charge in [0.15, 0.2) is 0 Å². The third-order valence-corrected chi connectivity index (χ3v) is 4.76. The molecule has 0 radical (unpaired) electrons. The molecule has 6 heteroatoms.